The predicted octanol–water partition coefficient (Wildman–Crippen LogP) is 29.4. The number of rotatable bonds is 20. The highest BCUT2D eigenvalue weighted by molar-refractivity contribution is 6.10. The Labute approximate surface area is 694 Å². The molecule has 0 aliphatic heterocycles. The van der Waals surface area contributed by atoms with Gasteiger partial charge in [0.25, 0.3) is 0 Å². The highest BCUT2D eigenvalue weighted by Crippen LogP contribution is 2.48. The number of fused-ring (bicyclic) bond motifs is 7. The summed E-state index contributed by atoms with van der Waals surface area (Å²) in [5.74, 6) is 2.95. The van der Waals surface area contributed by atoms with Crippen LogP contribution in [-0.4, -0.2) is 28.4 Å². The molecule has 0 atom stereocenters. The Bertz CT molecular complexity index is 6640. The van der Waals surface area contributed by atoms with Gasteiger partial charge in [-0.1, -0.05) is 279 Å². The van der Waals surface area contributed by atoms with Crippen LogP contribution in [-0.2, 0) is 0 Å². The molecule has 119 heavy (non-hydrogen) atoms. The highest BCUT2D eigenvalue weighted by Gasteiger charge is 2.25. The van der Waals surface area contributed by atoms with Gasteiger partial charge in [-0.05, 0) is 284 Å². The van der Waals surface area contributed by atoms with Crippen molar-refractivity contribution in [2.24, 2.45) is 0 Å². The minimum Gasteiger partial charge on any atom is -0.497 e. The lowest BCUT2D eigenvalue weighted by atomic mass is 9.92. The largest absolute Gasteiger partial charge is 0.497 e. The van der Waals surface area contributed by atoms with Gasteiger partial charge in [0.2, 0.25) is 0 Å². The van der Waals surface area contributed by atoms with E-state index in [0.717, 1.165) is 134 Å². The average molecular weight is 1540 g/mol. The van der Waals surface area contributed by atoms with E-state index in [1.165, 1.54) is 72.1 Å². The quantitative estimate of drug-likeness (QED) is 0.0709. The molecule has 6 nitrogen and oxygen atoms in total. The lowest BCUT2D eigenvalue weighted by molar-refractivity contribution is 0.414. The van der Waals surface area contributed by atoms with Crippen molar-refractivity contribution < 1.29 is 23.3 Å². The van der Waals surface area contributed by atoms with E-state index in [0.29, 0.717) is 0 Å². The molecule has 0 radical (unpaired) electrons. The lowest BCUT2D eigenvalue weighted by Crippen LogP contribution is -2.11. The summed E-state index contributed by atoms with van der Waals surface area (Å²) in [6.45, 7) is 0. The summed E-state index contributed by atoms with van der Waals surface area (Å²) in [6.07, 6.45) is 9.13. The number of anilines is 6. The van der Waals surface area contributed by atoms with Gasteiger partial charge in [-0.25, -0.2) is 4.39 Å². The van der Waals surface area contributed by atoms with E-state index in [-0.39, 0.29) is 5.82 Å². The minimum atomic E-state index is -0.292. The fourth-order valence-corrected chi connectivity index (χ4v) is 16.4. The molecule has 0 bridgehead atoms. The Morgan fingerprint density at radius 2 is 0.580 bits per heavy atom. The fraction of sp³-hybridized carbons (Fsp3) is 0.0357. The molecule has 18 aromatic rings. The molecule has 7 heteroatoms. The van der Waals surface area contributed by atoms with Crippen molar-refractivity contribution in [3.63, 3.8) is 0 Å². The standard InChI is InChI=1S/C60H45NO2.C52H38FNO2/c1-62-54-33-26-45(27-34-54)59(46-28-35-55(63-2)36-29-46)41-51-30-37-60(57-19-11-10-18-56(51)57)61(52-16-4-3-5-17-52)53-31-20-42(21-32-53)38-58(49-24-22-43-12-6-8-14-47(43)39-49)50-25-23-44-13-7-9-15-48(44)40-50;1-55-42-27-20-36(21-28-42)50(37-22-29-43(56-2)30-23-37)33-38-24-31-52(49-17-8-3-12-44(38)49)54(41-11-9-10-39(53)34-41)40-25-18-35(19-26-40)32-51-47-15-6-4-13-45(47)46-14-5-7-16-48(46)51/h3-41H,1-2H3;3-34H,1-2H3. The second-order valence-corrected chi connectivity index (χ2v) is 29.5. The maximum absolute atomic E-state index is 15.0. The third-order valence-corrected chi connectivity index (χ3v) is 22.4. The topological polar surface area (TPSA) is 43.4 Å². The van der Waals surface area contributed by atoms with E-state index in [1.807, 2.05) is 54.6 Å². The molecule has 0 amide bonds. The first-order valence-corrected chi connectivity index (χ1v) is 40.0. The molecular weight excluding hydrogens is 1460 g/mol. The molecule has 0 N–H and O–H groups in total. The normalized spacial score (nSPS) is 11.2. The molecule has 572 valence electrons. The van der Waals surface area contributed by atoms with E-state index in [4.69, 9.17) is 18.9 Å². The Kier molecular flexibility index (Phi) is 21.5. The van der Waals surface area contributed by atoms with Crippen LogP contribution in [0.5, 0.6) is 23.0 Å². The van der Waals surface area contributed by atoms with Crippen LogP contribution in [0.15, 0.2) is 406 Å². The first kappa shape index (κ1) is 75.1. The molecule has 0 spiro atoms. The van der Waals surface area contributed by atoms with Crippen molar-refractivity contribution in [2.75, 3.05) is 38.2 Å². The van der Waals surface area contributed by atoms with Gasteiger partial charge in [0.15, 0.2) is 0 Å². The van der Waals surface area contributed by atoms with Crippen molar-refractivity contribution in [1.82, 2.24) is 0 Å². The van der Waals surface area contributed by atoms with Gasteiger partial charge in [0, 0.05) is 33.5 Å². The summed E-state index contributed by atoms with van der Waals surface area (Å²) in [5, 5.41) is 9.34. The number of hydrogen-bond donors (Lipinski definition) is 0. The minimum absolute atomic E-state index is 0.292. The average Bonchev–Trinajstić information content (AvgIpc) is 1.75. The number of benzene rings is 18. The molecule has 0 saturated carbocycles. The maximum Gasteiger partial charge on any atom is 0.125 e. The maximum atomic E-state index is 15.0. The van der Waals surface area contributed by atoms with Gasteiger partial charge in [-0.3, -0.25) is 0 Å². The van der Waals surface area contributed by atoms with Crippen LogP contribution >= 0.6 is 0 Å². The van der Waals surface area contributed by atoms with E-state index >= 15 is 0 Å². The summed E-state index contributed by atoms with van der Waals surface area (Å²) in [6, 6.07) is 142. The Morgan fingerprint density at radius 1 is 0.244 bits per heavy atom. The number of nitrogens with zero attached hydrogens (tertiary/aromatic N) is 2. The molecule has 1 aliphatic carbocycles. The summed E-state index contributed by atoms with van der Waals surface area (Å²) in [5.41, 5.74) is 26.5. The number of para-hydroxylation sites is 1. The van der Waals surface area contributed by atoms with Gasteiger partial charge in [0.05, 0.1) is 39.8 Å². The summed E-state index contributed by atoms with van der Waals surface area (Å²) in [4.78, 5) is 4.51. The summed E-state index contributed by atoms with van der Waals surface area (Å²) < 4.78 is 36.9. The monoisotopic (exact) mass is 1540 g/mol. The predicted molar refractivity (Wildman–Crippen MR) is 497 cm³/mol. The molecule has 0 aromatic heterocycles. The van der Waals surface area contributed by atoms with Crippen molar-refractivity contribution in [3.8, 4) is 34.1 Å². The van der Waals surface area contributed by atoms with Crippen LogP contribution in [0.2, 0.25) is 0 Å². The van der Waals surface area contributed by atoms with E-state index in [9.17, 15) is 4.39 Å². The van der Waals surface area contributed by atoms with Crippen molar-refractivity contribution in [3.05, 3.63) is 479 Å². The number of hydrogen-bond acceptors (Lipinski definition) is 6. The molecule has 0 heterocycles. The van der Waals surface area contributed by atoms with Gasteiger partial charge < -0.3 is 28.7 Å². The van der Waals surface area contributed by atoms with Gasteiger partial charge >= 0.3 is 0 Å². The molecule has 19 rings (SSSR count). The zero-order valence-corrected chi connectivity index (χ0v) is 66.4. The number of ether oxygens (including phenoxy) is 4. The van der Waals surface area contributed by atoms with Crippen molar-refractivity contribution >= 4 is 124 Å². The SMILES string of the molecule is COc1ccc(C(=Cc2ccc(N(c3ccc(C=C4c5ccccc5-c5ccccc54)cc3)c3cccc(F)c3)c3ccccc23)c2ccc(OC)cc2)cc1.COc1ccc(C(=Cc2ccc(N(c3ccccc3)c3ccc(C=C(c4ccc5ccccc5c4)c4ccc5ccccc5c4)cc3)c3ccccc23)c2ccc(OC)cc2)cc1. The summed E-state index contributed by atoms with van der Waals surface area (Å²) >= 11 is 0. The van der Waals surface area contributed by atoms with Crippen LogP contribution in [0.25, 0.3) is 101 Å². The van der Waals surface area contributed by atoms with Crippen LogP contribution in [0.3, 0.4) is 0 Å². The molecule has 18 aromatic carbocycles. The smallest absolute Gasteiger partial charge is 0.125 e. The first-order chi connectivity index (χ1) is 58.7. The zero-order valence-electron chi connectivity index (χ0n) is 66.4. The Hall–Kier alpha value is -15.3. The van der Waals surface area contributed by atoms with Gasteiger partial charge in [0.1, 0.15) is 28.8 Å². The third kappa shape index (κ3) is 15.8. The van der Waals surface area contributed by atoms with E-state index in [2.05, 4.69) is 368 Å². The highest BCUT2D eigenvalue weighted by atomic mass is 19.1. The van der Waals surface area contributed by atoms with E-state index < -0.39 is 0 Å². The van der Waals surface area contributed by atoms with Crippen molar-refractivity contribution in [2.45, 2.75) is 0 Å². The van der Waals surface area contributed by atoms with Gasteiger partial charge in [-0.2, -0.15) is 0 Å². The van der Waals surface area contributed by atoms with Crippen LogP contribution in [0.4, 0.5) is 38.5 Å². The summed E-state index contributed by atoms with van der Waals surface area (Å²) in [7, 11) is 6.75. The Morgan fingerprint density at radius 3 is 1.00 bits per heavy atom. The third-order valence-electron chi connectivity index (χ3n) is 22.4. The molecule has 0 fully saturated rings. The molecule has 1 aliphatic rings. The van der Waals surface area contributed by atoms with E-state index in [1.54, 1.807) is 40.6 Å². The zero-order chi connectivity index (χ0) is 80.5. The fourth-order valence-electron chi connectivity index (χ4n) is 16.4. The number of halogens is 1. The van der Waals surface area contributed by atoms with Crippen molar-refractivity contribution in [1.29, 1.82) is 0 Å². The van der Waals surface area contributed by atoms with Crippen LogP contribution in [0.1, 0.15) is 66.8 Å². The second-order valence-electron chi connectivity index (χ2n) is 29.5. The first-order valence-electron chi connectivity index (χ1n) is 40.0. The Balaban J connectivity index is 0.000000165. The molecule has 0 unspecified atom stereocenters. The lowest BCUT2D eigenvalue weighted by Gasteiger charge is -2.27. The van der Waals surface area contributed by atoms with Gasteiger partial charge in [-0.15, -0.1) is 0 Å². The van der Waals surface area contributed by atoms with Crippen LogP contribution in [0, 0.1) is 5.82 Å². The molecule has 0 saturated heterocycles. The second kappa shape index (κ2) is 34.0. The number of methoxy groups -OCH3 is 4. The van der Waals surface area contributed by atoms with Crippen LogP contribution < -0.4 is 28.7 Å². The molecular formula is C112H83FN2O4.